The van der Waals surface area contributed by atoms with Gasteiger partial charge in [0.15, 0.2) is 5.96 Å². The van der Waals surface area contributed by atoms with Gasteiger partial charge in [-0.05, 0) is 30.7 Å². The van der Waals surface area contributed by atoms with Crippen molar-refractivity contribution in [1.82, 2.24) is 10.2 Å². The van der Waals surface area contributed by atoms with E-state index < -0.39 is 0 Å². The fraction of sp³-hybridized carbons (Fsp3) is 0.500. The first-order valence-electron chi connectivity index (χ1n) is 7.54. The Balaban J connectivity index is 2.32. The monoisotopic (exact) mass is 368 g/mol. The van der Waals surface area contributed by atoms with Crippen molar-refractivity contribution in [2.24, 2.45) is 4.99 Å². The van der Waals surface area contributed by atoms with Crippen LogP contribution < -0.4 is 10.6 Å². The van der Waals surface area contributed by atoms with Crippen LogP contribution in [0.15, 0.2) is 33.7 Å². The van der Waals surface area contributed by atoms with E-state index in [1.54, 1.807) is 7.05 Å². The number of hydrogen-bond acceptors (Lipinski definition) is 2. The number of unbranched alkanes of at least 4 members (excludes halogenated alkanes) is 1. The maximum absolute atomic E-state index is 11.9. The highest BCUT2D eigenvalue weighted by Gasteiger charge is 2.06. The summed E-state index contributed by atoms with van der Waals surface area (Å²) in [5, 5.41) is 6.08. The molecule has 1 amide bonds. The average molecular weight is 369 g/mol. The van der Waals surface area contributed by atoms with Crippen LogP contribution in [-0.4, -0.2) is 44.0 Å². The third kappa shape index (κ3) is 6.93. The van der Waals surface area contributed by atoms with Gasteiger partial charge in [0.05, 0.1) is 0 Å². The van der Waals surface area contributed by atoms with E-state index in [4.69, 9.17) is 0 Å². The van der Waals surface area contributed by atoms with Gasteiger partial charge in [0.25, 0.3) is 0 Å². The summed E-state index contributed by atoms with van der Waals surface area (Å²) in [4.78, 5) is 18.2. The molecule has 0 aliphatic rings. The first-order chi connectivity index (χ1) is 10.6. The number of carbonyl (C=O) groups is 1. The van der Waals surface area contributed by atoms with Crippen molar-refractivity contribution < 1.29 is 4.79 Å². The maximum atomic E-state index is 11.9. The van der Waals surface area contributed by atoms with Gasteiger partial charge in [0, 0.05) is 43.8 Å². The molecule has 122 valence electrons. The van der Waals surface area contributed by atoms with Gasteiger partial charge in [0.1, 0.15) is 0 Å². The number of aliphatic imine (C=N–C) groups is 1. The first kappa shape index (κ1) is 18.5. The zero-order chi connectivity index (χ0) is 16.4. The summed E-state index contributed by atoms with van der Waals surface area (Å²) in [5.41, 5.74) is 0.803. The van der Waals surface area contributed by atoms with E-state index in [1.807, 2.05) is 31.3 Å². The van der Waals surface area contributed by atoms with Crippen LogP contribution in [0.3, 0.4) is 0 Å². The second-order valence-corrected chi connectivity index (χ2v) is 5.97. The molecule has 0 unspecified atom stereocenters. The summed E-state index contributed by atoms with van der Waals surface area (Å²) in [5.74, 6) is 0.811. The Kier molecular flexibility index (Phi) is 8.58. The van der Waals surface area contributed by atoms with Crippen molar-refractivity contribution in [2.75, 3.05) is 32.5 Å². The Labute approximate surface area is 141 Å². The molecule has 1 aromatic carbocycles. The molecule has 1 aromatic rings. The number of hydrogen-bond donors (Lipinski definition) is 2. The molecule has 1 rings (SSSR count). The molecule has 0 spiro atoms. The molecule has 0 aromatic heterocycles. The van der Waals surface area contributed by atoms with Gasteiger partial charge in [-0.2, -0.15) is 0 Å². The maximum Gasteiger partial charge on any atom is 0.226 e. The van der Waals surface area contributed by atoms with E-state index in [0.717, 1.165) is 35.5 Å². The minimum Gasteiger partial charge on any atom is -0.356 e. The van der Waals surface area contributed by atoms with Crippen LogP contribution in [0, 0.1) is 0 Å². The van der Waals surface area contributed by atoms with Gasteiger partial charge in [-0.3, -0.25) is 9.79 Å². The van der Waals surface area contributed by atoms with E-state index >= 15 is 0 Å². The minimum absolute atomic E-state index is 0.0125. The largest absolute Gasteiger partial charge is 0.356 e. The predicted octanol–water partition coefficient (Wildman–Crippen LogP) is 3.09. The van der Waals surface area contributed by atoms with Crippen LogP contribution in [0.5, 0.6) is 0 Å². The zero-order valence-electron chi connectivity index (χ0n) is 13.5. The second-order valence-electron chi connectivity index (χ2n) is 5.05. The quantitative estimate of drug-likeness (QED) is 0.574. The van der Waals surface area contributed by atoms with Crippen LogP contribution in [0.25, 0.3) is 0 Å². The molecule has 2 N–H and O–H groups in total. The highest BCUT2D eigenvalue weighted by Crippen LogP contribution is 2.14. The van der Waals surface area contributed by atoms with Crippen LogP contribution in [0.1, 0.15) is 26.2 Å². The molecule has 22 heavy (non-hydrogen) atoms. The molecular weight excluding hydrogens is 344 g/mol. The van der Waals surface area contributed by atoms with Crippen molar-refractivity contribution >= 4 is 33.5 Å². The summed E-state index contributed by atoms with van der Waals surface area (Å²) in [6, 6.07) is 7.54. The molecule has 6 heteroatoms. The second kappa shape index (κ2) is 10.2. The lowest BCUT2D eigenvalue weighted by Crippen LogP contribution is -2.40. The fourth-order valence-electron chi connectivity index (χ4n) is 1.93. The molecule has 0 aliphatic carbocycles. The van der Waals surface area contributed by atoms with E-state index in [9.17, 15) is 4.79 Å². The van der Waals surface area contributed by atoms with Crippen molar-refractivity contribution in [3.63, 3.8) is 0 Å². The van der Waals surface area contributed by atoms with Gasteiger partial charge in [0.2, 0.25) is 5.91 Å². The molecule has 0 radical (unpaired) electrons. The van der Waals surface area contributed by atoms with Crippen molar-refractivity contribution in [1.29, 1.82) is 0 Å². The summed E-state index contributed by atoms with van der Waals surface area (Å²) in [6.45, 7) is 3.68. The summed E-state index contributed by atoms with van der Waals surface area (Å²) in [6.07, 6.45) is 2.68. The Morgan fingerprint density at radius 1 is 1.32 bits per heavy atom. The highest BCUT2D eigenvalue weighted by atomic mass is 79.9. The number of anilines is 1. The molecule has 5 nitrogen and oxygen atoms in total. The van der Waals surface area contributed by atoms with Crippen molar-refractivity contribution in [2.45, 2.75) is 26.2 Å². The Bertz CT molecular complexity index is 487. The number of nitrogens with one attached hydrogen (secondary N) is 2. The molecule has 0 bridgehead atoms. The average Bonchev–Trinajstić information content (AvgIpc) is 2.51. The number of nitrogens with zero attached hydrogens (tertiary/aromatic N) is 2. The van der Waals surface area contributed by atoms with Gasteiger partial charge in [-0.1, -0.05) is 29.3 Å². The highest BCUT2D eigenvalue weighted by molar-refractivity contribution is 9.10. The molecule has 0 aliphatic heterocycles. The van der Waals surface area contributed by atoms with Crippen molar-refractivity contribution in [3.05, 3.63) is 28.7 Å². The lowest BCUT2D eigenvalue weighted by molar-refractivity contribution is -0.116. The molecule has 0 saturated carbocycles. The minimum atomic E-state index is -0.0125. The number of halogens is 1. The zero-order valence-corrected chi connectivity index (χ0v) is 15.1. The van der Waals surface area contributed by atoms with E-state index in [-0.39, 0.29) is 5.91 Å². The van der Waals surface area contributed by atoms with Gasteiger partial charge in [-0.25, -0.2) is 0 Å². The fourth-order valence-corrected chi connectivity index (χ4v) is 2.19. The normalized spacial score (nSPS) is 11.2. The SMILES string of the molecule is CCCCN(C)C(=NC)NCCC(=O)Nc1ccc(Br)cc1. The Morgan fingerprint density at radius 3 is 2.59 bits per heavy atom. The van der Waals surface area contributed by atoms with E-state index in [1.165, 1.54) is 0 Å². The molecule has 0 fully saturated rings. The summed E-state index contributed by atoms with van der Waals surface area (Å²) < 4.78 is 0.992. The van der Waals surface area contributed by atoms with Crippen LogP contribution in [0.2, 0.25) is 0 Å². The first-order valence-corrected chi connectivity index (χ1v) is 8.33. The molecule has 0 heterocycles. The smallest absolute Gasteiger partial charge is 0.226 e. The van der Waals surface area contributed by atoms with Gasteiger partial charge >= 0.3 is 0 Å². The van der Waals surface area contributed by atoms with Crippen LogP contribution >= 0.6 is 15.9 Å². The van der Waals surface area contributed by atoms with Crippen LogP contribution in [-0.2, 0) is 4.79 Å². The summed E-state index contributed by atoms with van der Waals surface area (Å²) >= 11 is 3.37. The topological polar surface area (TPSA) is 56.7 Å². The lowest BCUT2D eigenvalue weighted by atomic mass is 10.3. The number of amides is 1. The number of benzene rings is 1. The van der Waals surface area contributed by atoms with Gasteiger partial charge < -0.3 is 15.5 Å². The Hall–Kier alpha value is -1.56. The third-order valence-corrected chi connectivity index (χ3v) is 3.71. The predicted molar refractivity (Wildman–Crippen MR) is 96.3 cm³/mol. The molecule has 0 saturated heterocycles. The standard InChI is InChI=1S/C16H25BrN4O/c1-4-5-12-21(3)16(18-2)19-11-10-15(22)20-14-8-6-13(17)7-9-14/h6-9H,4-5,10-12H2,1-3H3,(H,18,19)(H,20,22). The number of rotatable bonds is 7. The van der Waals surface area contributed by atoms with Crippen molar-refractivity contribution in [3.8, 4) is 0 Å². The number of guanidine groups is 1. The van der Waals surface area contributed by atoms with Crippen LogP contribution in [0.4, 0.5) is 5.69 Å². The Morgan fingerprint density at radius 2 is 2.00 bits per heavy atom. The number of carbonyl (C=O) groups excluding carboxylic acids is 1. The molecule has 0 atom stereocenters. The molecular formula is C16H25BrN4O. The van der Waals surface area contributed by atoms with E-state index in [0.29, 0.717) is 13.0 Å². The lowest BCUT2D eigenvalue weighted by Gasteiger charge is -2.21. The summed E-state index contributed by atoms with van der Waals surface area (Å²) in [7, 11) is 3.76. The third-order valence-electron chi connectivity index (χ3n) is 3.18. The van der Waals surface area contributed by atoms with E-state index in [2.05, 4.69) is 43.4 Å². The van der Waals surface area contributed by atoms with Gasteiger partial charge in [-0.15, -0.1) is 0 Å².